The molecule has 0 unspecified atom stereocenters. The number of aliphatic hydroxyl groups excluding tert-OH is 1. The number of aromatic nitrogens is 1. The first-order valence-corrected chi connectivity index (χ1v) is 7.77. The highest BCUT2D eigenvalue weighted by Gasteiger charge is 2.39. The maximum absolute atomic E-state index is 13.0. The minimum Gasteiger partial charge on any atom is -0.436 e. The van der Waals surface area contributed by atoms with Crippen molar-refractivity contribution in [2.75, 3.05) is 6.54 Å². The lowest BCUT2D eigenvalue weighted by Crippen LogP contribution is -2.32. The van der Waals surface area contributed by atoms with Crippen molar-refractivity contribution in [1.82, 2.24) is 9.88 Å². The van der Waals surface area contributed by atoms with Crippen molar-refractivity contribution in [1.29, 1.82) is 0 Å². The summed E-state index contributed by atoms with van der Waals surface area (Å²) in [7, 11) is 0. The molecule has 8 heteroatoms. The van der Waals surface area contributed by atoms with E-state index < -0.39 is 29.8 Å². The molecule has 1 aromatic heterocycles. The van der Waals surface area contributed by atoms with Crippen molar-refractivity contribution in [2.24, 2.45) is 0 Å². The third kappa shape index (κ3) is 3.39. The second-order valence-electron chi connectivity index (χ2n) is 6.13. The molecule has 0 spiro atoms. The average molecular weight is 354 g/mol. The fraction of sp³-hybridized carbons (Fsp3) is 0.412. The van der Waals surface area contributed by atoms with E-state index in [0.29, 0.717) is 17.1 Å². The van der Waals surface area contributed by atoms with Crippen LogP contribution in [0.2, 0.25) is 0 Å². The average Bonchev–Trinajstić information content (AvgIpc) is 3.08. The van der Waals surface area contributed by atoms with Crippen LogP contribution in [0.1, 0.15) is 45.7 Å². The zero-order valence-electron chi connectivity index (χ0n) is 13.7. The number of nitrogens with zero attached hydrogens (tertiary/aromatic N) is 2. The normalized spacial score (nSPS) is 21.0. The van der Waals surface area contributed by atoms with Crippen LogP contribution in [0.5, 0.6) is 0 Å². The van der Waals surface area contributed by atoms with Crippen molar-refractivity contribution in [3.05, 3.63) is 52.7 Å². The second kappa shape index (κ2) is 6.18. The van der Waals surface area contributed by atoms with Gasteiger partial charge in [-0.1, -0.05) is 12.1 Å². The van der Waals surface area contributed by atoms with Gasteiger partial charge in [0.1, 0.15) is 0 Å². The Balaban J connectivity index is 1.95. The molecule has 1 fully saturated rings. The summed E-state index contributed by atoms with van der Waals surface area (Å²) in [6.07, 6.45) is -5.12. The molecule has 2 atom stereocenters. The van der Waals surface area contributed by atoms with Crippen LogP contribution in [0.3, 0.4) is 0 Å². The Bertz CT molecular complexity index is 801. The van der Waals surface area contributed by atoms with Crippen molar-refractivity contribution in [2.45, 2.75) is 38.6 Å². The van der Waals surface area contributed by atoms with Crippen LogP contribution < -0.4 is 0 Å². The van der Waals surface area contributed by atoms with E-state index in [1.165, 1.54) is 17.0 Å². The van der Waals surface area contributed by atoms with Crippen LogP contribution in [0.25, 0.3) is 0 Å². The minimum atomic E-state index is -4.47. The van der Waals surface area contributed by atoms with Crippen LogP contribution in [0.15, 0.2) is 28.7 Å². The van der Waals surface area contributed by atoms with Crippen molar-refractivity contribution < 1.29 is 27.5 Å². The molecule has 0 aliphatic carbocycles. The SMILES string of the molecule is Cc1nc(C)c(C(=O)N2C[C@@H](O)C[C@H]2c2cccc(C(F)(F)F)c2)o1. The molecule has 1 N–H and O–H groups in total. The van der Waals surface area contributed by atoms with Gasteiger partial charge < -0.3 is 14.4 Å². The number of oxazole rings is 1. The number of halogens is 3. The van der Waals surface area contributed by atoms with Crippen LogP contribution in [-0.4, -0.2) is 33.5 Å². The summed E-state index contributed by atoms with van der Waals surface area (Å²) >= 11 is 0. The Morgan fingerprint density at radius 3 is 2.68 bits per heavy atom. The third-order valence-electron chi connectivity index (χ3n) is 4.24. The summed E-state index contributed by atoms with van der Waals surface area (Å²) in [5.74, 6) is -0.114. The van der Waals surface area contributed by atoms with E-state index in [0.717, 1.165) is 12.1 Å². The van der Waals surface area contributed by atoms with Gasteiger partial charge in [0.2, 0.25) is 5.76 Å². The molecular formula is C17H17F3N2O3. The first-order chi connectivity index (χ1) is 11.7. The molecule has 1 aliphatic rings. The summed E-state index contributed by atoms with van der Waals surface area (Å²) in [6, 6.07) is 4.16. The van der Waals surface area contributed by atoms with Crippen LogP contribution >= 0.6 is 0 Å². The summed E-state index contributed by atoms with van der Waals surface area (Å²) in [5, 5.41) is 9.97. The number of carbonyl (C=O) groups excluding carboxylic acids is 1. The lowest BCUT2D eigenvalue weighted by atomic mass is 10.0. The summed E-state index contributed by atoms with van der Waals surface area (Å²) in [4.78, 5) is 18.1. The van der Waals surface area contributed by atoms with Crippen molar-refractivity contribution in [3.8, 4) is 0 Å². The van der Waals surface area contributed by atoms with E-state index in [9.17, 15) is 23.1 Å². The molecule has 3 rings (SSSR count). The first-order valence-electron chi connectivity index (χ1n) is 7.77. The second-order valence-corrected chi connectivity index (χ2v) is 6.13. The van der Waals surface area contributed by atoms with Crippen LogP contribution in [-0.2, 0) is 6.18 Å². The van der Waals surface area contributed by atoms with E-state index in [1.807, 2.05) is 0 Å². The number of likely N-dealkylation sites (tertiary alicyclic amines) is 1. The van der Waals surface area contributed by atoms with Crippen molar-refractivity contribution in [3.63, 3.8) is 0 Å². The lowest BCUT2D eigenvalue weighted by Gasteiger charge is -2.24. The van der Waals surface area contributed by atoms with Gasteiger partial charge in [-0.05, 0) is 31.0 Å². The van der Waals surface area contributed by atoms with Gasteiger partial charge in [-0.2, -0.15) is 13.2 Å². The Hall–Kier alpha value is -2.35. The molecular weight excluding hydrogens is 337 g/mol. The number of benzene rings is 1. The number of hydrogen-bond donors (Lipinski definition) is 1. The highest BCUT2D eigenvalue weighted by Crippen LogP contribution is 2.37. The molecule has 0 bridgehead atoms. The predicted molar refractivity (Wildman–Crippen MR) is 81.8 cm³/mol. The molecule has 5 nitrogen and oxygen atoms in total. The molecule has 0 radical (unpaired) electrons. The Kier molecular flexibility index (Phi) is 4.32. The van der Waals surface area contributed by atoms with Gasteiger partial charge in [0.15, 0.2) is 5.89 Å². The van der Waals surface area contributed by atoms with E-state index in [1.54, 1.807) is 13.8 Å². The smallest absolute Gasteiger partial charge is 0.416 e. The van der Waals surface area contributed by atoms with Gasteiger partial charge in [-0.15, -0.1) is 0 Å². The molecule has 1 saturated heterocycles. The standard InChI is InChI=1S/C17H17F3N2O3/c1-9-15(25-10(2)21-9)16(24)22-8-13(23)7-14(22)11-4-3-5-12(6-11)17(18,19)20/h3-6,13-14,23H,7-8H2,1-2H3/t13-,14-/m0/s1. The molecule has 1 amide bonds. The largest absolute Gasteiger partial charge is 0.436 e. The molecule has 1 aromatic carbocycles. The van der Waals surface area contributed by atoms with Gasteiger partial charge in [-0.25, -0.2) is 4.98 Å². The number of amides is 1. The van der Waals surface area contributed by atoms with Crippen molar-refractivity contribution >= 4 is 5.91 Å². The predicted octanol–water partition coefficient (Wildman–Crippen LogP) is 3.26. The first kappa shape index (κ1) is 17.5. The fourth-order valence-electron chi connectivity index (χ4n) is 3.14. The highest BCUT2D eigenvalue weighted by atomic mass is 19.4. The van der Waals surface area contributed by atoms with E-state index in [4.69, 9.17) is 4.42 Å². The fourth-order valence-corrected chi connectivity index (χ4v) is 3.14. The van der Waals surface area contributed by atoms with E-state index in [-0.39, 0.29) is 18.7 Å². The zero-order chi connectivity index (χ0) is 18.4. The van der Waals surface area contributed by atoms with Gasteiger partial charge in [0.25, 0.3) is 5.91 Å². The Morgan fingerprint density at radius 1 is 1.36 bits per heavy atom. The Labute approximate surface area is 142 Å². The van der Waals surface area contributed by atoms with Gasteiger partial charge in [0.05, 0.1) is 23.4 Å². The Morgan fingerprint density at radius 2 is 2.08 bits per heavy atom. The quantitative estimate of drug-likeness (QED) is 0.899. The topological polar surface area (TPSA) is 66.6 Å². The number of β-amino-alcohol motifs (C(OH)–C–C–N with tert-alkyl or cyclic N) is 1. The maximum Gasteiger partial charge on any atom is 0.416 e. The number of hydrogen-bond acceptors (Lipinski definition) is 4. The maximum atomic E-state index is 13.0. The molecule has 2 heterocycles. The highest BCUT2D eigenvalue weighted by molar-refractivity contribution is 5.93. The number of rotatable bonds is 2. The monoisotopic (exact) mass is 354 g/mol. The number of alkyl halides is 3. The van der Waals surface area contributed by atoms with E-state index in [2.05, 4.69) is 4.98 Å². The van der Waals surface area contributed by atoms with Crippen LogP contribution in [0, 0.1) is 13.8 Å². The van der Waals surface area contributed by atoms with Gasteiger partial charge in [-0.3, -0.25) is 4.79 Å². The lowest BCUT2D eigenvalue weighted by molar-refractivity contribution is -0.137. The molecule has 25 heavy (non-hydrogen) atoms. The number of aryl methyl sites for hydroxylation is 2. The van der Waals surface area contributed by atoms with Gasteiger partial charge in [0, 0.05) is 13.5 Å². The molecule has 1 aliphatic heterocycles. The summed E-state index contributed by atoms with van der Waals surface area (Å²) < 4.78 is 44.2. The van der Waals surface area contributed by atoms with Gasteiger partial charge >= 0.3 is 6.18 Å². The van der Waals surface area contributed by atoms with E-state index >= 15 is 0 Å². The zero-order valence-corrected chi connectivity index (χ0v) is 13.7. The molecule has 134 valence electrons. The number of carbonyl (C=O) groups is 1. The minimum absolute atomic E-state index is 0.0267. The third-order valence-corrected chi connectivity index (χ3v) is 4.24. The number of aliphatic hydroxyl groups is 1. The summed E-state index contributed by atoms with van der Waals surface area (Å²) in [5.41, 5.74) is -0.0502. The molecule has 0 saturated carbocycles. The van der Waals surface area contributed by atoms with Crippen LogP contribution in [0.4, 0.5) is 13.2 Å². The summed E-state index contributed by atoms with van der Waals surface area (Å²) in [6.45, 7) is 3.25. The molecule has 2 aromatic rings.